The molecule has 0 atom stereocenters. The Hall–Kier alpha value is -3.20. The van der Waals surface area contributed by atoms with E-state index in [-0.39, 0.29) is 5.91 Å². The van der Waals surface area contributed by atoms with E-state index in [1.54, 1.807) is 36.7 Å². The standard InChI is InChI=1S/C17H16BrN7O/c18-13-5-3-12(4-6-13)17(26)25-24-16-14(19)15(22-10-23-16)21-9-11-2-1-7-20-8-11/h1-8,10H,9,19H2,(H,25,26)(H2,21,22,23,24). The van der Waals surface area contributed by atoms with E-state index in [9.17, 15) is 4.79 Å². The van der Waals surface area contributed by atoms with Crippen molar-refractivity contribution in [1.29, 1.82) is 0 Å². The second kappa shape index (κ2) is 8.26. The number of nitrogens with zero attached hydrogens (tertiary/aromatic N) is 3. The van der Waals surface area contributed by atoms with Crippen LogP contribution in [0.2, 0.25) is 0 Å². The molecule has 1 aromatic carbocycles. The quantitative estimate of drug-likeness (QED) is 0.458. The van der Waals surface area contributed by atoms with E-state index in [1.807, 2.05) is 12.1 Å². The highest BCUT2D eigenvalue weighted by atomic mass is 79.9. The van der Waals surface area contributed by atoms with Gasteiger partial charge in [-0.15, -0.1) is 0 Å². The Morgan fingerprint density at radius 1 is 1.12 bits per heavy atom. The molecule has 1 amide bonds. The smallest absolute Gasteiger partial charge is 0.269 e. The summed E-state index contributed by atoms with van der Waals surface area (Å²) in [6, 6.07) is 10.8. The summed E-state index contributed by atoms with van der Waals surface area (Å²) in [6.45, 7) is 0.514. The van der Waals surface area contributed by atoms with Crippen molar-refractivity contribution >= 4 is 39.2 Å². The number of hydrogen-bond donors (Lipinski definition) is 4. The lowest BCUT2D eigenvalue weighted by Crippen LogP contribution is -2.30. The van der Waals surface area contributed by atoms with E-state index in [0.717, 1.165) is 10.0 Å². The number of aromatic nitrogens is 3. The van der Waals surface area contributed by atoms with Gasteiger partial charge < -0.3 is 11.1 Å². The number of pyridine rings is 1. The minimum Gasteiger partial charge on any atom is -0.393 e. The topological polar surface area (TPSA) is 118 Å². The normalized spacial score (nSPS) is 10.2. The molecule has 0 aliphatic heterocycles. The summed E-state index contributed by atoms with van der Waals surface area (Å²) in [7, 11) is 0. The molecule has 26 heavy (non-hydrogen) atoms. The van der Waals surface area contributed by atoms with Crippen molar-refractivity contribution < 1.29 is 4.79 Å². The van der Waals surface area contributed by atoms with Gasteiger partial charge in [-0.3, -0.25) is 20.6 Å². The average Bonchev–Trinajstić information content (AvgIpc) is 2.67. The number of nitrogens with one attached hydrogen (secondary N) is 3. The summed E-state index contributed by atoms with van der Waals surface area (Å²) in [5, 5.41) is 3.12. The van der Waals surface area contributed by atoms with Gasteiger partial charge in [0.1, 0.15) is 12.0 Å². The number of nitrogens with two attached hydrogens (primary N) is 1. The summed E-state index contributed by atoms with van der Waals surface area (Å²) < 4.78 is 0.895. The number of benzene rings is 1. The van der Waals surface area contributed by atoms with Crippen LogP contribution in [0.4, 0.5) is 17.3 Å². The van der Waals surface area contributed by atoms with Crippen molar-refractivity contribution in [1.82, 2.24) is 20.4 Å². The number of anilines is 3. The number of carbonyl (C=O) groups is 1. The molecule has 9 heteroatoms. The van der Waals surface area contributed by atoms with E-state index in [2.05, 4.69) is 47.1 Å². The molecule has 3 rings (SSSR count). The Kier molecular flexibility index (Phi) is 5.59. The van der Waals surface area contributed by atoms with E-state index < -0.39 is 0 Å². The van der Waals surface area contributed by atoms with Gasteiger partial charge in [-0.25, -0.2) is 9.97 Å². The summed E-state index contributed by atoms with van der Waals surface area (Å²) in [5.41, 5.74) is 13.1. The Bertz CT molecular complexity index is 887. The van der Waals surface area contributed by atoms with Gasteiger partial charge in [-0.1, -0.05) is 22.0 Å². The van der Waals surface area contributed by atoms with Crippen LogP contribution in [0.3, 0.4) is 0 Å². The first-order valence-electron chi connectivity index (χ1n) is 7.68. The van der Waals surface area contributed by atoms with E-state index in [0.29, 0.717) is 29.4 Å². The monoisotopic (exact) mass is 413 g/mol. The molecule has 2 aromatic heterocycles. The largest absolute Gasteiger partial charge is 0.393 e. The predicted molar refractivity (Wildman–Crippen MR) is 103 cm³/mol. The fourth-order valence-corrected chi connectivity index (χ4v) is 2.38. The first-order valence-corrected chi connectivity index (χ1v) is 8.48. The molecule has 0 bridgehead atoms. The van der Waals surface area contributed by atoms with Crippen LogP contribution >= 0.6 is 15.9 Å². The van der Waals surface area contributed by atoms with Crippen molar-refractivity contribution in [2.24, 2.45) is 0 Å². The van der Waals surface area contributed by atoms with Crippen molar-refractivity contribution in [2.75, 3.05) is 16.5 Å². The third-order valence-corrected chi connectivity index (χ3v) is 4.00. The highest BCUT2D eigenvalue weighted by Gasteiger charge is 2.10. The minimum atomic E-state index is -0.305. The van der Waals surface area contributed by atoms with Crippen LogP contribution < -0.4 is 21.9 Å². The fraction of sp³-hybridized carbons (Fsp3) is 0.0588. The number of halogens is 1. The highest BCUT2D eigenvalue weighted by Crippen LogP contribution is 2.22. The summed E-state index contributed by atoms with van der Waals surface area (Å²) >= 11 is 3.33. The second-order valence-electron chi connectivity index (χ2n) is 5.29. The zero-order chi connectivity index (χ0) is 18.4. The molecule has 0 saturated carbocycles. The number of hydrogen-bond acceptors (Lipinski definition) is 7. The molecular formula is C17H16BrN7O. The van der Waals surface area contributed by atoms with Crippen LogP contribution in [0.1, 0.15) is 15.9 Å². The van der Waals surface area contributed by atoms with Crippen LogP contribution in [-0.4, -0.2) is 20.9 Å². The van der Waals surface area contributed by atoms with Crippen molar-refractivity contribution in [3.63, 3.8) is 0 Å². The molecule has 0 saturated heterocycles. The lowest BCUT2D eigenvalue weighted by molar-refractivity contribution is 0.0962. The molecule has 0 radical (unpaired) electrons. The molecule has 2 heterocycles. The van der Waals surface area contributed by atoms with Crippen LogP contribution in [0.25, 0.3) is 0 Å². The zero-order valence-corrected chi connectivity index (χ0v) is 15.2. The lowest BCUT2D eigenvalue weighted by atomic mass is 10.2. The van der Waals surface area contributed by atoms with Gasteiger partial charge in [0, 0.05) is 29.0 Å². The molecule has 8 nitrogen and oxygen atoms in total. The molecule has 0 spiro atoms. The second-order valence-corrected chi connectivity index (χ2v) is 6.20. The maximum Gasteiger partial charge on any atom is 0.269 e. The predicted octanol–water partition coefficient (Wildman–Crippen LogP) is 2.59. The zero-order valence-electron chi connectivity index (χ0n) is 13.6. The van der Waals surface area contributed by atoms with Crippen molar-refractivity contribution in [2.45, 2.75) is 6.54 Å². The SMILES string of the molecule is Nc1c(NCc2cccnc2)ncnc1NNC(=O)c1ccc(Br)cc1. The van der Waals surface area contributed by atoms with E-state index in [1.165, 1.54) is 6.33 Å². The molecular weight excluding hydrogens is 398 g/mol. The molecule has 5 N–H and O–H groups in total. The Balaban J connectivity index is 1.63. The molecule has 132 valence electrons. The van der Waals surface area contributed by atoms with E-state index in [4.69, 9.17) is 5.73 Å². The summed E-state index contributed by atoms with van der Waals surface area (Å²) in [6.07, 6.45) is 4.82. The highest BCUT2D eigenvalue weighted by molar-refractivity contribution is 9.10. The maximum atomic E-state index is 12.1. The summed E-state index contributed by atoms with van der Waals surface area (Å²) in [5.74, 6) is 0.462. The number of amides is 1. The number of carbonyl (C=O) groups excluding carboxylic acids is 1. The van der Waals surface area contributed by atoms with Gasteiger partial charge in [0.25, 0.3) is 5.91 Å². The fourth-order valence-electron chi connectivity index (χ4n) is 2.11. The van der Waals surface area contributed by atoms with Crippen LogP contribution in [0, 0.1) is 0 Å². The third-order valence-electron chi connectivity index (χ3n) is 3.47. The molecule has 0 unspecified atom stereocenters. The van der Waals surface area contributed by atoms with Gasteiger partial charge in [-0.05, 0) is 35.9 Å². The Morgan fingerprint density at radius 3 is 2.62 bits per heavy atom. The average molecular weight is 414 g/mol. The van der Waals surface area contributed by atoms with E-state index >= 15 is 0 Å². The number of nitrogen functional groups attached to an aromatic ring is 1. The molecule has 3 aromatic rings. The molecule has 0 aliphatic carbocycles. The van der Waals surface area contributed by atoms with Gasteiger partial charge >= 0.3 is 0 Å². The van der Waals surface area contributed by atoms with Crippen molar-refractivity contribution in [3.05, 3.63) is 70.7 Å². The Morgan fingerprint density at radius 2 is 1.88 bits per heavy atom. The maximum absolute atomic E-state index is 12.1. The van der Waals surface area contributed by atoms with Crippen LogP contribution in [-0.2, 0) is 6.54 Å². The van der Waals surface area contributed by atoms with Gasteiger partial charge in [-0.2, -0.15) is 0 Å². The number of hydrazine groups is 1. The first-order chi connectivity index (χ1) is 12.6. The van der Waals surface area contributed by atoms with Crippen molar-refractivity contribution in [3.8, 4) is 0 Å². The first kappa shape index (κ1) is 17.6. The lowest BCUT2D eigenvalue weighted by Gasteiger charge is -2.13. The van der Waals surface area contributed by atoms with Gasteiger partial charge in [0.05, 0.1) is 0 Å². The molecule has 0 aliphatic rings. The van der Waals surface area contributed by atoms with Gasteiger partial charge in [0.15, 0.2) is 11.6 Å². The van der Waals surface area contributed by atoms with Gasteiger partial charge in [0.2, 0.25) is 0 Å². The number of rotatable bonds is 6. The molecule has 0 fully saturated rings. The minimum absolute atomic E-state index is 0.299. The van der Waals surface area contributed by atoms with Crippen LogP contribution in [0.5, 0.6) is 0 Å². The Labute approximate surface area is 158 Å². The summed E-state index contributed by atoms with van der Waals surface area (Å²) in [4.78, 5) is 24.4. The third kappa shape index (κ3) is 4.45. The van der Waals surface area contributed by atoms with Crippen LogP contribution in [0.15, 0.2) is 59.6 Å².